The van der Waals surface area contributed by atoms with Crippen LogP contribution in [-0.2, 0) is 13.1 Å². The molecule has 0 spiro atoms. The molecule has 0 radical (unpaired) electrons. The molecule has 0 saturated heterocycles. The standard InChI is InChI=1S/C25H25F3N4O3/c1-16(25(26,27)28)32-21-12-13-29-23(22(21)30-24(32)33)31(14-17-4-8-19(34-2)9-5-17)15-18-6-10-20(35-3)11-7-18/h4-13,16H,14-15H2,1-3H3,(H,30,33). The van der Waals surface area contributed by atoms with Crippen molar-refractivity contribution in [2.24, 2.45) is 0 Å². The molecule has 0 amide bonds. The normalized spacial score (nSPS) is 12.5. The second kappa shape index (κ2) is 9.73. The highest BCUT2D eigenvalue weighted by atomic mass is 19.4. The summed E-state index contributed by atoms with van der Waals surface area (Å²) in [6.07, 6.45) is -3.16. The molecule has 4 rings (SSSR count). The number of rotatable bonds is 8. The lowest BCUT2D eigenvalue weighted by atomic mass is 10.1. The number of anilines is 1. The van der Waals surface area contributed by atoms with Gasteiger partial charge in [-0.25, -0.2) is 9.78 Å². The first kappa shape index (κ1) is 24.2. The minimum atomic E-state index is -4.58. The quantitative estimate of drug-likeness (QED) is 0.377. The van der Waals surface area contributed by atoms with Gasteiger partial charge < -0.3 is 19.4 Å². The second-order valence-electron chi connectivity index (χ2n) is 8.10. The number of ether oxygens (including phenoxy) is 2. The van der Waals surface area contributed by atoms with Gasteiger partial charge in [0.1, 0.15) is 23.1 Å². The average Bonchev–Trinajstić information content (AvgIpc) is 3.19. The fourth-order valence-corrected chi connectivity index (χ4v) is 3.92. The monoisotopic (exact) mass is 486 g/mol. The van der Waals surface area contributed by atoms with Crippen LogP contribution in [0.15, 0.2) is 65.6 Å². The van der Waals surface area contributed by atoms with Crippen LogP contribution >= 0.6 is 0 Å². The van der Waals surface area contributed by atoms with Gasteiger partial charge in [0.25, 0.3) is 0 Å². The summed E-state index contributed by atoms with van der Waals surface area (Å²) < 4.78 is 51.6. The zero-order valence-electron chi connectivity index (χ0n) is 19.5. The number of benzene rings is 2. The van der Waals surface area contributed by atoms with Gasteiger partial charge in [-0.2, -0.15) is 13.2 Å². The number of fused-ring (bicyclic) bond motifs is 1. The lowest BCUT2D eigenvalue weighted by Crippen LogP contribution is -2.30. The molecule has 2 heterocycles. The molecule has 0 bridgehead atoms. The minimum Gasteiger partial charge on any atom is -0.497 e. The molecule has 0 aliphatic carbocycles. The van der Waals surface area contributed by atoms with Crippen LogP contribution in [0.5, 0.6) is 11.5 Å². The van der Waals surface area contributed by atoms with E-state index in [2.05, 4.69) is 9.97 Å². The Labute approximate surface area is 199 Å². The highest BCUT2D eigenvalue weighted by Crippen LogP contribution is 2.33. The summed E-state index contributed by atoms with van der Waals surface area (Å²) in [7, 11) is 3.16. The summed E-state index contributed by atoms with van der Waals surface area (Å²) in [5, 5.41) is 0. The molecular weight excluding hydrogens is 461 g/mol. The number of pyridine rings is 1. The maximum Gasteiger partial charge on any atom is 0.409 e. The molecule has 0 saturated carbocycles. The third kappa shape index (κ3) is 5.11. The number of hydrogen-bond donors (Lipinski definition) is 1. The predicted molar refractivity (Wildman–Crippen MR) is 127 cm³/mol. The maximum absolute atomic E-state index is 13.5. The Morgan fingerprint density at radius 3 is 1.91 bits per heavy atom. The molecule has 1 N–H and O–H groups in total. The van der Waals surface area contributed by atoms with Crippen LogP contribution in [0.3, 0.4) is 0 Å². The van der Waals surface area contributed by atoms with Crippen LogP contribution in [0, 0.1) is 0 Å². The van der Waals surface area contributed by atoms with Crippen LogP contribution < -0.4 is 20.1 Å². The average molecular weight is 486 g/mol. The van der Waals surface area contributed by atoms with Crippen molar-refractivity contribution >= 4 is 16.9 Å². The van der Waals surface area contributed by atoms with E-state index in [1.54, 1.807) is 14.2 Å². The molecule has 4 aromatic rings. The third-order valence-electron chi connectivity index (χ3n) is 5.84. The highest BCUT2D eigenvalue weighted by molar-refractivity contribution is 5.86. The molecule has 1 unspecified atom stereocenters. The largest absolute Gasteiger partial charge is 0.497 e. The number of nitrogens with one attached hydrogen (secondary N) is 1. The summed E-state index contributed by atoms with van der Waals surface area (Å²) in [6, 6.07) is 14.4. The van der Waals surface area contributed by atoms with E-state index in [1.807, 2.05) is 53.4 Å². The van der Waals surface area contributed by atoms with Gasteiger partial charge in [0.15, 0.2) is 5.82 Å². The molecule has 10 heteroatoms. The Morgan fingerprint density at radius 1 is 0.943 bits per heavy atom. The van der Waals surface area contributed by atoms with Crippen LogP contribution in [0.1, 0.15) is 24.1 Å². The first-order valence-corrected chi connectivity index (χ1v) is 10.9. The lowest BCUT2D eigenvalue weighted by Gasteiger charge is -2.25. The molecule has 0 aliphatic rings. The van der Waals surface area contributed by atoms with Crippen LogP contribution in [-0.4, -0.2) is 34.9 Å². The van der Waals surface area contributed by atoms with E-state index in [1.165, 1.54) is 12.3 Å². The van der Waals surface area contributed by atoms with E-state index in [0.717, 1.165) is 22.6 Å². The van der Waals surface area contributed by atoms with Gasteiger partial charge in [-0.05, 0) is 48.4 Å². The van der Waals surface area contributed by atoms with Gasteiger partial charge in [-0.15, -0.1) is 0 Å². The van der Waals surface area contributed by atoms with Crippen molar-refractivity contribution in [3.05, 3.63) is 82.4 Å². The van der Waals surface area contributed by atoms with E-state index in [4.69, 9.17) is 9.47 Å². The second-order valence-corrected chi connectivity index (χ2v) is 8.10. The third-order valence-corrected chi connectivity index (χ3v) is 5.84. The number of halogens is 3. The Hall–Kier alpha value is -3.95. The van der Waals surface area contributed by atoms with Gasteiger partial charge in [0.2, 0.25) is 0 Å². The molecule has 184 valence electrons. The Bertz CT molecular complexity index is 1300. The fourth-order valence-electron chi connectivity index (χ4n) is 3.92. The fraction of sp³-hybridized carbons (Fsp3) is 0.280. The van der Waals surface area contributed by atoms with E-state index in [9.17, 15) is 18.0 Å². The number of alkyl halides is 3. The summed E-state index contributed by atoms with van der Waals surface area (Å²) in [6.45, 7) is 1.75. The zero-order valence-corrected chi connectivity index (χ0v) is 19.5. The van der Waals surface area contributed by atoms with E-state index in [-0.39, 0.29) is 11.0 Å². The van der Waals surface area contributed by atoms with Gasteiger partial charge in [0, 0.05) is 19.3 Å². The molecule has 35 heavy (non-hydrogen) atoms. The molecule has 2 aromatic carbocycles. The Balaban J connectivity index is 1.79. The van der Waals surface area contributed by atoms with Crippen molar-refractivity contribution < 1.29 is 22.6 Å². The van der Waals surface area contributed by atoms with Gasteiger partial charge in [-0.3, -0.25) is 4.57 Å². The van der Waals surface area contributed by atoms with Crippen molar-refractivity contribution in [3.63, 3.8) is 0 Å². The number of aromatic nitrogens is 3. The minimum absolute atomic E-state index is 0.138. The van der Waals surface area contributed by atoms with Crippen molar-refractivity contribution in [1.29, 1.82) is 0 Å². The summed E-state index contributed by atoms with van der Waals surface area (Å²) >= 11 is 0. The summed E-state index contributed by atoms with van der Waals surface area (Å²) in [5.74, 6) is 1.79. The number of aromatic amines is 1. The molecule has 7 nitrogen and oxygen atoms in total. The number of imidazole rings is 1. The molecular formula is C25H25F3N4O3. The van der Waals surface area contributed by atoms with Gasteiger partial charge >= 0.3 is 11.9 Å². The van der Waals surface area contributed by atoms with Crippen molar-refractivity contribution in [2.75, 3.05) is 19.1 Å². The van der Waals surface area contributed by atoms with Crippen LogP contribution in [0.4, 0.5) is 19.0 Å². The van der Waals surface area contributed by atoms with Gasteiger partial charge in [-0.1, -0.05) is 24.3 Å². The molecule has 0 fully saturated rings. The van der Waals surface area contributed by atoms with Crippen molar-refractivity contribution in [2.45, 2.75) is 32.2 Å². The van der Waals surface area contributed by atoms with Crippen molar-refractivity contribution in [3.8, 4) is 11.5 Å². The summed E-state index contributed by atoms with van der Waals surface area (Å²) in [5.41, 5.74) is 1.41. The SMILES string of the molecule is COc1ccc(CN(Cc2ccc(OC)cc2)c2nccc3c2[nH]c(=O)n3C(C)C(F)(F)F)cc1. The van der Waals surface area contributed by atoms with E-state index < -0.39 is 17.9 Å². The van der Waals surface area contributed by atoms with Crippen LogP contribution in [0.2, 0.25) is 0 Å². The number of H-pyrrole nitrogens is 1. The number of methoxy groups -OCH3 is 2. The first-order valence-electron chi connectivity index (χ1n) is 10.9. The first-order chi connectivity index (χ1) is 16.7. The Kier molecular flexibility index (Phi) is 6.72. The molecule has 1 atom stereocenters. The van der Waals surface area contributed by atoms with E-state index in [0.29, 0.717) is 30.4 Å². The van der Waals surface area contributed by atoms with E-state index >= 15 is 0 Å². The topological polar surface area (TPSA) is 72.4 Å². The van der Waals surface area contributed by atoms with Crippen LogP contribution in [0.25, 0.3) is 11.0 Å². The highest BCUT2D eigenvalue weighted by Gasteiger charge is 2.39. The Morgan fingerprint density at radius 2 is 1.46 bits per heavy atom. The summed E-state index contributed by atoms with van der Waals surface area (Å²) in [4.78, 5) is 21.6. The van der Waals surface area contributed by atoms with Gasteiger partial charge in [0.05, 0.1) is 19.7 Å². The molecule has 2 aromatic heterocycles. The van der Waals surface area contributed by atoms with Crippen molar-refractivity contribution in [1.82, 2.24) is 14.5 Å². The predicted octanol–water partition coefficient (Wildman–Crippen LogP) is 5.07. The maximum atomic E-state index is 13.5. The number of hydrogen-bond acceptors (Lipinski definition) is 5. The zero-order chi connectivity index (χ0) is 25.2. The lowest BCUT2D eigenvalue weighted by molar-refractivity contribution is -0.162. The molecule has 0 aliphatic heterocycles. The smallest absolute Gasteiger partial charge is 0.409 e. The number of nitrogens with zero attached hydrogens (tertiary/aromatic N) is 3.